The van der Waals surface area contributed by atoms with Crippen LogP contribution >= 0.6 is 24.0 Å². The molecule has 28 heavy (non-hydrogen) atoms. The zero-order chi connectivity index (χ0) is 18.5. The van der Waals surface area contributed by atoms with Crippen LogP contribution in [-0.4, -0.2) is 25.7 Å². The fraction of sp³-hybridized carbons (Fsp3) is 0.227. The standard InChI is InChI=1S/C22H23N3O2.HI/c23-22(25-18-9-10-20-21(15-18)27-14-4-13-26-20)24-12-11-17-7-3-6-16-5-1-2-8-19(16)17;/h1-3,5-10,15H,4,11-14H2,(H3,23,24,25);1H. The molecule has 1 aliphatic rings. The Morgan fingerprint density at radius 2 is 1.75 bits per heavy atom. The van der Waals surface area contributed by atoms with Gasteiger partial charge in [0, 0.05) is 24.7 Å². The van der Waals surface area contributed by atoms with Crippen molar-refractivity contribution in [3.63, 3.8) is 0 Å². The second kappa shape index (κ2) is 9.64. The second-order valence-corrected chi connectivity index (χ2v) is 6.49. The van der Waals surface area contributed by atoms with E-state index >= 15 is 0 Å². The van der Waals surface area contributed by atoms with Crippen molar-refractivity contribution < 1.29 is 9.47 Å². The molecule has 0 aromatic heterocycles. The molecule has 0 amide bonds. The van der Waals surface area contributed by atoms with Gasteiger partial charge in [0.1, 0.15) is 0 Å². The molecule has 1 heterocycles. The van der Waals surface area contributed by atoms with Crippen molar-refractivity contribution in [1.29, 1.82) is 0 Å². The molecule has 0 aliphatic carbocycles. The van der Waals surface area contributed by atoms with E-state index in [4.69, 9.17) is 15.2 Å². The number of benzene rings is 3. The number of hydrogen-bond donors (Lipinski definition) is 2. The molecule has 0 fully saturated rings. The predicted molar refractivity (Wildman–Crippen MR) is 125 cm³/mol. The second-order valence-electron chi connectivity index (χ2n) is 6.49. The summed E-state index contributed by atoms with van der Waals surface area (Å²) in [7, 11) is 0. The van der Waals surface area contributed by atoms with E-state index in [0.29, 0.717) is 25.7 Å². The summed E-state index contributed by atoms with van der Waals surface area (Å²) in [5.41, 5.74) is 8.17. The highest BCUT2D eigenvalue weighted by molar-refractivity contribution is 14.0. The van der Waals surface area contributed by atoms with E-state index in [1.807, 2.05) is 18.2 Å². The Labute approximate surface area is 182 Å². The Hall–Kier alpha value is -2.48. The molecule has 0 spiro atoms. The van der Waals surface area contributed by atoms with Crippen molar-refractivity contribution in [2.24, 2.45) is 10.7 Å². The third-order valence-corrected chi connectivity index (χ3v) is 4.56. The molecule has 0 bridgehead atoms. The average molecular weight is 489 g/mol. The van der Waals surface area contributed by atoms with Crippen LogP contribution in [0.3, 0.4) is 0 Å². The van der Waals surface area contributed by atoms with E-state index in [2.05, 4.69) is 52.8 Å². The molecule has 0 saturated heterocycles. The number of fused-ring (bicyclic) bond motifs is 2. The van der Waals surface area contributed by atoms with Gasteiger partial charge in [-0.3, -0.25) is 4.99 Å². The molecule has 0 atom stereocenters. The molecule has 1 aliphatic heterocycles. The number of hydrogen-bond acceptors (Lipinski definition) is 3. The van der Waals surface area contributed by atoms with Gasteiger partial charge in [0.15, 0.2) is 17.5 Å². The number of nitrogens with two attached hydrogens (primary N) is 1. The van der Waals surface area contributed by atoms with Crippen LogP contribution < -0.4 is 20.5 Å². The Balaban J connectivity index is 0.00000225. The Morgan fingerprint density at radius 1 is 0.964 bits per heavy atom. The molecular weight excluding hydrogens is 465 g/mol. The molecule has 5 nitrogen and oxygen atoms in total. The summed E-state index contributed by atoms with van der Waals surface area (Å²) in [4.78, 5) is 4.46. The van der Waals surface area contributed by atoms with Gasteiger partial charge < -0.3 is 20.5 Å². The van der Waals surface area contributed by atoms with Crippen molar-refractivity contribution in [3.05, 3.63) is 66.2 Å². The number of nitrogens with one attached hydrogen (secondary N) is 1. The predicted octanol–water partition coefficient (Wildman–Crippen LogP) is 4.59. The first-order valence-corrected chi connectivity index (χ1v) is 9.23. The highest BCUT2D eigenvalue weighted by Gasteiger charge is 2.10. The van der Waals surface area contributed by atoms with Crippen molar-refractivity contribution in [2.45, 2.75) is 12.8 Å². The van der Waals surface area contributed by atoms with Crippen molar-refractivity contribution >= 4 is 46.4 Å². The molecular formula is C22H24IN3O2. The van der Waals surface area contributed by atoms with Gasteiger partial charge in [-0.15, -0.1) is 24.0 Å². The van der Waals surface area contributed by atoms with Crippen LogP contribution in [0, 0.1) is 0 Å². The maximum absolute atomic E-state index is 6.06. The first kappa shape index (κ1) is 20.3. The number of ether oxygens (including phenoxy) is 2. The maximum Gasteiger partial charge on any atom is 0.193 e. The number of halogens is 1. The molecule has 4 rings (SSSR count). The molecule has 0 radical (unpaired) electrons. The van der Waals surface area contributed by atoms with Crippen LogP contribution in [0.2, 0.25) is 0 Å². The Bertz CT molecular complexity index is 970. The quantitative estimate of drug-likeness (QED) is 0.320. The third kappa shape index (κ3) is 4.86. The van der Waals surface area contributed by atoms with Gasteiger partial charge in [0.05, 0.1) is 13.2 Å². The van der Waals surface area contributed by atoms with Crippen LogP contribution in [0.1, 0.15) is 12.0 Å². The van der Waals surface area contributed by atoms with Crippen molar-refractivity contribution in [3.8, 4) is 11.5 Å². The minimum absolute atomic E-state index is 0. The first-order chi connectivity index (χ1) is 13.3. The molecule has 3 aromatic carbocycles. The van der Waals surface area contributed by atoms with Gasteiger partial charge in [-0.1, -0.05) is 42.5 Å². The lowest BCUT2D eigenvalue weighted by atomic mass is 10.0. The summed E-state index contributed by atoms with van der Waals surface area (Å²) in [6, 6.07) is 20.5. The van der Waals surface area contributed by atoms with Gasteiger partial charge in [0.2, 0.25) is 0 Å². The van der Waals surface area contributed by atoms with Gasteiger partial charge in [-0.25, -0.2) is 0 Å². The normalized spacial score (nSPS) is 13.5. The summed E-state index contributed by atoms with van der Waals surface area (Å²) < 4.78 is 11.3. The summed E-state index contributed by atoms with van der Waals surface area (Å²) in [6.45, 7) is 1.96. The summed E-state index contributed by atoms with van der Waals surface area (Å²) >= 11 is 0. The lowest BCUT2D eigenvalue weighted by Crippen LogP contribution is -2.23. The highest BCUT2D eigenvalue weighted by Crippen LogP contribution is 2.32. The van der Waals surface area contributed by atoms with E-state index in [1.165, 1.54) is 16.3 Å². The topological polar surface area (TPSA) is 68.9 Å². The largest absolute Gasteiger partial charge is 0.490 e. The van der Waals surface area contributed by atoms with Crippen LogP contribution in [0.15, 0.2) is 65.7 Å². The lowest BCUT2D eigenvalue weighted by molar-refractivity contribution is 0.297. The minimum atomic E-state index is 0. The number of aliphatic imine (C=N–C) groups is 1. The average Bonchev–Trinajstić information content (AvgIpc) is 2.93. The monoisotopic (exact) mass is 489 g/mol. The fourth-order valence-electron chi connectivity index (χ4n) is 3.24. The van der Waals surface area contributed by atoms with Gasteiger partial charge >= 0.3 is 0 Å². The van der Waals surface area contributed by atoms with E-state index in [-0.39, 0.29) is 24.0 Å². The molecule has 6 heteroatoms. The van der Waals surface area contributed by atoms with Crippen LogP contribution in [0.25, 0.3) is 10.8 Å². The number of nitrogens with zero attached hydrogens (tertiary/aromatic N) is 1. The minimum Gasteiger partial charge on any atom is -0.490 e. The van der Waals surface area contributed by atoms with Gasteiger partial charge in [-0.05, 0) is 34.9 Å². The van der Waals surface area contributed by atoms with Gasteiger partial charge in [0.25, 0.3) is 0 Å². The lowest BCUT2D eigenvalue weighted by Gasteiger charge is -2.11. The van der Waals surface area contributed by atoms with Crippen molar-refractivity contribution in [2.75, 3.05) is 25.1 Å². The fourth-order valence-corrected chi connectivity index (χ4v) is 3.24. The van der Waals surface area contributed by atoms with E-state index in [0.717, 1.165) is 30.0 Å². The van der Waals surface area contributed by atoms with Crippen molar-refractivity contribution in [1.82, 2.24) is 0 Å². The molecule has 0 unspecified atom stereocenters. The van der Waals surface area contributed by atoms with Gasteiger partial charge in [-0.2, -0.15) is 0 Å². The molecule has 146 valence electrons. The number of anilines is 1. The highest BCUT2D eigenvalue weighted by atomic mass is 127. The Morgan fingerprint density at radius 3 is 2.64 bits per heavy atom. The first-order valence-electron chi connectivity index (χ1n) is 9.23. The van der Waals surface area contributed by atoms with Crippen LogP contribution in [0.5, 0.6) is 11.5 Å². The number of rotatable bonds is 4. The summed E-state index contributed by atoms with van der Waals surface area (Å²) in [5, 5.41) is 5.64. The smallest absolute Gasteiger partial charge is 0.193 e. The SMILES string of the molecule is I.NC(=NCCc1cccc2ccccc12)Nc1ccc2c(c1)OCCCO2. The number of guanidine groups is 1. The van der Waals surface area contributed by atoms with Crippen LogP contribution in [-0.2, 0) is 6.42 Å². The van der Waals surface area contributed by atoms with E-state index in [9.17, 15) is 0 Å². The van der Waals surface area contributed by atoms with E-state index < -0.39 is 0 Å². The Kier molecular flexibility index (Phi) is 6.97. The summed E-state index contributed by atoms with van der Waals surface area (Å²) in [6.07, 6.45) is 1.72. The summed E-state index contributed by atoms with van der Waals surface area (Å²) in [5.74, 6) is 1.90. The zero-order valence-electron chi connectivity index (χ0n) is 15.6. The third-order valence-electron chi connectivity index (χ3n) is 4.56. The maximum atomic E-state index is 6.06. The van der Waals surface area contributed by atoms with E-state index in [1.54, 1.807) is 0 Å². The molecule has 3 aromatic rings. The molecule has 0 saturated carbocycles. The van der Waals surface area contributed by atoms with Crippen LogP contribution in [0.4, 0.5) is 5.69 Å². The molecule has 3 N–H and O–H groups in total. The zero-order valence-corrected chi connectivity index (χ0v) is 17.9.